The second-order valence-corrected chi connectivity index (χ2v) is 9.22. The number of hydrogen-bond donors (Lipinski definition) is 0. The van der Waals surface area contributed by atoms with Gasteiger partial charge in [-0.15, -0.1) is 6.58 Å². The van der Waals surface area contributed by atoms with E-state index >= 15 is 0 Å². The fourth-order valence-corrected chi connectivity index (χ4v) is 4.98. The largest absolute Gasteiger partial charge is 0.468 e. The molecular formula is C24H38N2O2. The van der Waals surface area contributed by atoms with Gasteiger partial charge in [-0.1, -0.05) is 36.4 Å². The van der Waals surface area contributed by atoms with Gasteiger partial charge in [0, 0.05) is 30.2 Å². The number of likely N-dealkylation sites (tertiary alicyclic amines) is 1. The molecule has 28 heavy (non-hydrogen) atoms. The van der Waals surface area contributed by atoms with Crippen molar-refractivity contribution in [1.82, 2.24) is 9.80 Å². The quantitative estimate of drug-likeness (QED) is 0.474. The average Bonchev–Trinajstić information content (AvgIpc) is 2.64. The molecule has 0 N–H and O–H groups in total. The van der Waals surface area contributed by atoms with Crippen molar-refractivity contribution in [1.29, 1.82) is 0 Å². The van der Waals surface area contributed by atoms with Crippen LogP contribution in [0.15, 0.2) is 43.0 Å². The summed E-state index contributed by atoms with van der Waals surface area (Å²) in [7, 11) is 1.50. The number of methoxy groups -OCH3 is 1. The molecule has 2 rings (SSSR count). The minimum atomic E-state index is -0.318. The van der Waals surface area contributed by atoms with Crippen molar-refractivity contribution in [3.8, 4) is 0 Å². The summed E-state index contributed by atoms with van der Waals surface area (Å²) < 4.78 is 5.28. The lowest BCUT2D eigenvalue weighted by atomic mass is 9.78. The molecule has 0 radical (unpaired) electrons. The van der Waals surface area contributed by atoms with E-state index in [0.717, 1.165) is 19.4 Å². The lowest BCUT2D eigenvalue weighted by molar-refractivity contribution is -0.159. The molecule has 1 saturated heterocycles. The van der Waals surface area contributed by atoms with Crippen LogP contribution in [-0.2, 0) is 9.53 Å². The van der Waals surface area contributed by atoms with E-state index in [1.165, 1.54) is 19.1 Å². The fourth-order valence-electron chi connectivity index (χ4n) is 4.98. The first-order chi connectivity index (χ1) is 13.1. The maximum atomic E-state index is 13.0. The molecule has 4 heteroatoms. The van der Waals surface area contributed by atoms with E-state index in [1.807, 2.05) is 12.1 Å². The number of carbonyl (C=O) groups excluding carboxylic acids is 1. The van der Waals surface area contributed by atoms with Gasteiger partial charge in [0.05, 0.1) is 7.11 Å². The average molecular weight is 387 g/mol. The maximum Gasteiger partial charge on any atom is 0.324 e. The Bertz CT molecular complexity index is 638. The fraction of sp³-hybridized carbons (Fsp3) is 0.625. The number of hydrogen-bond acceptors (Lipinski definition) is 4. The lowest BCUT2D eigenvalue weighted by Gasteiger charge is -2.56. The molecule has 0 aliphatic carbocycles. The SMILES string of the molecule is C=CCN(CC(C(=O)OC)N1C(C)(C)CCCC1(C)C)[C@H](C)c1ccccc1. The van der Waals surface area contributed by atoms with E-state index < -0.39 is 0 Å². The predicted molar refractivity (Wildman–Crippen MR) is 116 cm³/mol. The number of piperidine rings is 1. The van der Waals surface area contributed by atoms with Gasteiger partial charge in [0.2, 0.25) is 0 Å². The molecule has 0 spiro atoms. The first kappa shape index (κ1) is 22.6. The van der Waals surface area contributed by atoms with Gasteiger partial charge in [-0.3, -0.25) is 14.6 Å². The Morgan fingerprint density at radius 1 is 1.21 bits per heavy atom. The van der Waals surface area contributed by atoms with Gasteiger partial charge in [-0.05, 0) is 59.4 Å². The number of rotatable bonds is 8. The summed E-state index contributed by atoms with van der Waals surface area (Å²) in [6, 6.07) is 10.3. The summed E-state index contributed by atoms with van der Waals surface area (Å²) >= 11 is 0. The van der Waals surface area contributed by atoms with E-state index in [9.17, 15) is 4.79 Å². The molecule has 0 saturated carbocycles. The molecular weight excluding hydrogens is 348 g/mol. The number of nitrogens with zero attached hydrogens (tertiary/aromatic N) is 2. The van der Waals surface area contributed by atoms with Crippen molar-refractivity contribution < 1.29 is 9.53 Å². The molecule has 0 aromatic heterocycles. The van der Waals surface area contributed by atoms with Crippen molar-refractivity contribution in [2.45, 2.75) is 77.0 Å². The van der Waals surface area contributed by atoms with Crippen molar-refractivity contribution in [3.05, 3.63) is 48.6 Å². The third-order valence-electron chi connectivity index (χ3n) is 6.27. The van der Waals surface area contributed by atoms with Crippen LogP contribution in [0.5, 0.6) is 0 Å². The summed E-state index contributed by atoms with van der Waals surface area (Å²) in [6.07, 6.45) is 5.26. The van der Waals surface area contributed by atoms with Crippen LogP contribution < -0.4 is 0 Å². The van der Waals surface area contributed by atoms with Crippen LogP contribution in [0.2, 0.25) is 0 Å². The number of ether oxygens (including phenoxy) is 1. The smallest absolute Gasteiger partial charge is 0.324 e. The molecule has 1 aliphatic heterocycles. The standard InChI is InChI=1S/C24H38N2O2/c1-8-17-25(19(2)20-13-10-9-11-14-20)18-21(22(27)28-7)26-23(3,4)15-12-16-24(26,5)6/h8-11,13-14,19,21H,1,12,15-18H2,2-7H3/t19-,21?/m1/s1. The molecule has 4 nitrogen and oxygen atoms in total. The van der Waals surface area contributed by atoms with E-state index in [2.05, 4.69) is 75.3 Å². The molecule has 1 aromatic carbocycles. The molecule has 0 bridgehead atoms. The zero-order valence-electron chi connectivity index (χ0n) is 18.6. The summed E-state index contributed by atoms with van der Waals surface area (Å²) in [5.41, 5.74) is 1.12. The Morgan fingerprint density at radius 2 is 1.79 bits per heavy atom. The van der Waals surface area contributed by atoms with E-state index in [1.54, 1.807) is 0 Å². The molecule has 2 atom stereocenters. The lowest BCUT2D eigenvalue weighted by Crippen LogP contribution is -2.66. The van der Waals surface area contributed by atoms with Crippen LogP contribution in [0.3, 0.4) is 0 Å². The monoisotopic (exact) mass is 386 g/mol. The zero-order valence-corrected chi connectivity index (χ0v) is 18.6. The second-order valence-electron chi connectivity index (χ2n) is 9.22. The Morgan fingerprint density at radius 3 is 2.29 bits per heavy atom. The summed E-state index contributed by atoms with van der Waals surface area (Å²) in [4.78, 5) is 17.7. The van der Waals surface area contributed by atoms with Crippen LogP contribution in [0.1, 0.15) is 65.5 Å². The van der Waals surface area contributed by atoms with Crippen molar-refractivity contribution in [2.24, 2.45) is 0 Å². The van der Waals surface area contributed by atoms with Crippen molar-refractivity contribution in [2.75, 3.05) is 20.2 Å². The highest BCUT2D eigenvalue weighted by Crippen LogP contribution is 2.40. The number of esters is 1. The van der Waals surface area contributed by atoms with Gasteiger partial charge in [0.25, 0.3) is 0 Å². The molecule has 1 aliphatic rings. The van der Waals surface area contributed by atoms with Crippen LogP contribution >= 0.6 is 0 Å². The van der Waals surface area contributed by atoms with Gasteiger partial charge < -0.3 is 4.74 Å². The topological polar surface area (TPSA) is 32.8 Å². The van der Waals surface area contributed by atoms with Crippen LogP contribution in [0.25, 0.3) is 0 Å². The summed E-state index contributed by atoms with van der Waals surface area (Å²) in [6.45, 7) is 16.5. The first-order valence-electron chi connectivity index (χ1n) is 10.4. The molecule has 1 heterocycles. The Kier molecular flexibility index (Phi) is 7.46. The van der Waals surface area contributed by atoms with Crippen molar-refractivity contribution >= 4 is 5.97 Å². The Balaban J connectivity index is 2.38. The second kappa shape index (κ2) is 9.23. The number of benzene rings is 1. The van der Waals surface area contributed by atoms with Gasteiger partial charge in [0.1, 0.15) is 6.04 Å². The van der Waals surface area contributed by atoms with Crippen LogP contribution in [0.4, 0.5) is 0 Å². The summed E-state index contributed by atoms with van der Waals surface area (Å²) in [5.74, 6) is -0.155. The van der Waals surface area contributed by atoms with Gasteiger partial charge in [-0.2, -0.15) is 0 Å². The molecule has 0 amide bonds. The van der Waals surface area contributed by atoms with E-state index in [0.29, 0.717) is 6.54 Å². The first-order valence-corrected chi connectivity index (χ1v) is 10.4. The molecule has 1 unspecified atom stereocenters. The Hall–Kier alpha value is -1.65. The highest BCUT2D eigenvalue weighted by Gasteiger charge is 2.48. The van der Waals surface area contributed by atoms with Crippen molar-refractivity contribution in [3.63, 3.8) is 0 Å². The van der Waals surface area contributed by atoms with Gasteiger partial charge in [0.15, 0.2) is 0 Å². The summed E-state index contributed by atoms with van der Waals surface area (Å²) in [5, 5.41) is 0. The molecule has 1 fully saturated rings. The molecule has 1 aromatic rings. The van der Waals surface area contributed by atoms with Gasteiger partial charge >= 0.3 is 5.97 Å². The molecule has 156 valence electrons. The van der Waals surface area contributed by atoms with E-state index in [4.69, 9.17) is 4.74 Å². The predicted octanol–water partition coefficient (Wildman–Crippen LogP) is 4.82. The third kappa shape index (κ3) is 5.03. The zero-order chi connectivity index (χ0) is 20.9. The third-order valence-corrected chi connectivity index (χ3v) is 6.27. The van der Waals surface area contributed by atoms with Crippen LogP contribution in [-0.4, -0.2) is 53.1 Å². The maximum absolute atomic E-state index is 13.0. The number of carbonyl (C=O) groups is 1. The van der Waals surface area contributed by atoms with Crippen LogP contribution in [0, 0.1) is 0 Å². The minimum absolute atomic E-state index is 0.0591. The Labute approximate surface area is 171 Å². The minimum Gasteiger partial charge on any atom is -0.468 e. The van der Waals surface area contributed by atoms with E-state index in [-0.39, 0.29) is 29.1 Å². The highest BCUT2D eigenvalue weighted by molar-refractivity contribution is 5.76. The normalized spacial score (nSPS) is 21.1. The highest BCUT2D eigenvalue weighted by atomic mass is 16.5. The van der Waals surface area contributed by atoms with Gasteiger partial charge in [-0.25, -0.2) is 0 Å².